The van der Waals surface area contributed by atoms with Crippen molar-refractivity contribution in [3.8, 4) is 0 Å². The number of nitrogens with two attached hydrogens (primary N) is 2. The van der Waals surface area contributed by atoms with Crippen LogP contribution in [0.25, 0.3) is 0 Å². The minimum Gasteiger partial charge on any atom is -0.327 e. The highest BCUT2D eigenvalue weighted by molar-refractivity contribution is 6.30. The number of rotatable bonds is 5. The first-order valence-electron chi connectivity index (χ1n) is 6.89. The summed E-state index contributed by atoms with van der Waals surface area (Å²) < 4.78 is 0. The maximum absolute atomic E-state index is 6.18. The van der Waals surface area contributed by atoms with Gasteiger partial charge in [0.25, 0.3) is 0 Å². The zero-order valence-electron chi connectivity index (χ0n) is 11.7. The Balaban J connectivity index is 2.24. The van der Waals surface area contributed by atoms with Crippen molar-refractivity contribution in [1.29, 1.82) is 0 Å². The molecular weight excluding hydrogens is 268 g/mol. The van der Waals surface area contributed by atoms with Crippen LogP contribution in [0.5, 0.6) is 0 Å². The Kier molecular flexibility index (Phi) is 5.18. The number of hydrogen-bond donors (Lipinski definition) is 2. The van der Waals surface area contributed by atoms with Crippen LogP contribution in [0.2, 0.25) is 5.02 Å². The maximum Gasteiger partial charge on any atom is 0.0406 e. The van der Waals surface area contributed by atoms with E-state index in [4.69, 9.17) is 23.1 Å². The molecular formula is C17H21ClN2. The maximum atomic E-state index is 6.18. The van der Waals surface area contributed by atoms with Gasteiger partial charge in [-0.1, -0.05) is 48.0 Å². The minimum absolute atomic E-state index is 0.0821. The van der Waals surface area contributed by atoms with Crippen molar-refractivity contribution in [3.63, 3.8) is 0 Å². The van der Waals surface area contributed by atoms with Crippen LogP contribution in [0, 0.1) is 0 Å². The Labute approximate surface area is 125 Å². The molecule has 0 fully saturated rings. The van der Waals surface area contributed by atoms with Crippen molar-refractivity contribution in [1.82, 2.24) is 0 Å². The zero-order valence-corrected chi connectivity index (χ0v) is 12.5. The van der Waals surface area contributed by atoms with Crippen molar-refractivity contribution < 1.29 is 0 Å². The highest BCUT2D eigenvalue weighted by Gasteiger charge is 2.17. The van der Waals surface area contributed by atoms with Gasteiger partial charge in [0, 0.05) is 23.5 Å². The van der Waals surface area contributed by atoms with Gasteiger partial charge in [0.2, 0.25) is 0 Å². The normalized spacial score (nSPS) is 14.0. The van der Waals surface area contributed by atoms with Crippen molar-refractivity contribution in [3.05, 3.63) is 70.2 Å². The summed E-state index contributed by atoms with van der Waals surface area (Å²) in [5, 5.41) is 0.760. The highest BCUT2D eigenvalue weighted by Crippen LogP contribution is 2.25. The first-order chi connectivity index (χ1) is 9.60. The molecule has 2 unspecified atom stereocenters. The molecule has 0 aliphatic rings. The van der Waals surface area contributed by atoms with Gasteiger partial charge < -0.3 is 11.5 Å². The van der Waals surface area contributed by atoms with Gasteiger partial charge in [-0.15, -0.1) is 0 Å². The molecule has 0 aliphatic carbocycles. The van der Waals surface area contributed by atoms with Gasteiger partial charge in [-0.25, -0.2) is 0 Å². The Bertz CT molecular complexity index is 549. The quantitative estimate of drug-likeness (QED) is 0.885. The predicted octanol–water partition coefficient (Wildman–Crippen LogP) is 3.47. The summed E-state index contributed by atoms with van der Waals surface area (Å²) in [4.78, 5) is 0. The van der Waals surface area contributed by atoms with E-state index in [1.807, 2.05) is 18.2 Å². The van der Waals surface area contributed by atoms with Crippen molar-refractivity contribution in [2.24, 2.45) is 11.5 Å². The van der Waals surface area contributed by atoms with E-state index in [0.717, 1.165) is 17.0 Å². The standard InChI is InChI=1S/C17H21ClN2/c1-12(20)17(10-13-5-7-16(18)8-6-13)15-4-2-3-14(9-15)11-19/h2-9,12,17H,10-11,19-20H2,1H3. The van der Waals surface area contributed by atoms with E-state index < -0.39 is 0 Å². The van der Waals surface area contributed by atoms with Gasteiger partial charge in [0.05, 0.1) is 0 Å². The first-order valence-corrected chi connectivity index (χ1v) is 7.27. The zero-order chi connectivity index (χ0) is 14.5. The van der Waals surface area contributed by atoms with Gasteiger partial charge in [-0.3, -0.25) is 0 Å². The van der Waals surface area contributed by atoms with Crippen LogP contribution in [0.1, 0.15) is 29.5 Å². The highest BCUT2D eigenvalue weighted by atomic mass is 35.5. The Morgan fingerprint density at radius 1 is 1.05 bits per heavy atom. The van der Waals surface area contributed by atoms with Crippen LogP contribution >= 0.6 is 11.6 Å². The third-order valence-corrected chi connectivity index (χ3v) is 3.87. The average molecular weight is 289 g/mol. The van der Waals surface area contributed by atoms with Crippen LogP contribution in [0.4, 0.5) is 0 Å². The summed E-state index contributed by atoms with van der Waals surface area (Å²) in [6.45, 7) is 2.61. The van der Waals surface area contributed by atoms with Crippen molar-refractivity contribution in [2.75, 3.05) is 0 Å². The molecule has 2 aromatic carbocycles. The Morgan fingerprint density at radius 3 is 2.35 bits per heavy atom. The molecule has 0 aliphatic heterocycles. The van der Waals surface area contributed by atoms with Gasteiger partial charge >= 0.3 is 0 Å². The molecule has 0 spiro atoms. The molecule has 0 heterocycles. The van der Waals surface area contributed by atoms with E-state index in [9.17, 15) is 0 Å². The smallest absolute Gasteiger partial charge is 0.0406 e. The summed E-state index contributed by atoms with van der Waals surface area (Å²) >= 11 is 5.93. The predicted molar refractivity (Wildman–Crippen MR) is 85.9 cm³/mol. The molecule has 0 radical (unpaired) electrons. The summed E-state index contributed by atoms with van der Waals surface area (Å²) in [6.07, 6.45) is 0.906. The SMILES string of the molecule is CC(N)C(Cc1ccc(Cl)cc1)c1cccc(CN)c1. The monoisotopic (exact) mass is 288 g/mol. The summed E-state index contributed by atoms with van der Waals surface area (Å²) in [5.74, 6) is 0.280. The molecule has 2 rings (SSSR count). The average Bonchev–Trinajstić information content (AvgIpc) is 2.46. The van der Waals surface area contributed by atoms with Crippen LogP contribution in [-0.4, -0.2) is 6.04 Å². The third-order valence-electron chi connectivity index (χ3n) is 3.62. The van der Waals surface area contributed by atoms with E-state index >= 15 is 0 Å². The van der Waals surface area contributed by atoms with Crippen LogP contribution in [0.3, 0.4) is 0 Å². The molecule has 2 nitrogen and oxygen atoms in total. The van der Waals surface area contributed by atoms with Crippen molar-refractivity contribution in [2.45, 2.75) is 31.8 Å². The van der Waals surface area contributed by atoms with Gasteiger partial charge in [0.1, 0.15) is 0 Å². The van der Waals surface area contributed by atoms with Crippen molar-refractivity contribution >= 4 is 11.6 Å². The third kappa shape index (κ3) is 3.83. The summed E-state index contributed by atoms with van der Waals surface area (Å²) in [7, 11) is 0. The Morgan fingerprint density at radius 2 is 1.75 bits per heavy atom. The van der Waals surface area contributed by atoms with E-state index in [1.165, 1.54) is 11.1 Å². The molecule has 4 N–H and O–H groups in total. The fourth-order valence-electron chi connectivity index (χ4n) is 2.43. The molecule has 0 saturated heterocycles. The molecule has 2 atom stereocenters. The fraction of sp³-hybridized carbons (Fsp3) is 0.294. The van der Waals surface area contributed by atoms with E-state index in [2.05, 4.69) is 37.3 Å². The summed E-state index contributed by atoms with van der Waals surface area (Å²) in [5.41, 5.74) is 15.5. The topological polar surface area (TPSA) is 52.0 Å². The number of hydrogen-bond acceptors (Lipinski definition) is 2. The van der Waals surface area contributed by atoms with E-state index in [1.54, 1.807) is 0 Å². The second-order valence-electron chi connectivity index (χ2n) is 5.25. The molecule has 2 aromatic rings. The molecule has 0 amide bonds. The van der Waals surface area contributed by atoms with Gasteiger partial charge in [0.15, 0.2) is 0 Å². The van der Waals surface area contributed by atoms with Crippen LogP contribution in [-0.2, 0) is 13.0 Å². The first kappa shape index (κ1) is 15.0. The number of halogens is 1. The Hall–Kier alpha value is -1.35. The lowest BCUT2D eigenvalue weighted by Gasteiger charge is -2.22. The molecule has 3 heteroatoms. The summed E-state index contributed by atoms with van der Waals surface area (Å²) in [6, 6.07) is 16.4. The second-order valence-corrected chi connectivity index (χ2v) is 5.68. The molecule has 0 saturated carbocycles. The lowest BCUT2D eigenvalue weighted by atomic mass is 9.86. The largest absolute Gasteiger partial charge is 0.327 e. The minimum atomic E-state index is 0.0821. The van der Waals surface area contributed by atoms with E-state index in [-0.39, 0.29) is 12.0 Å². The molecule has 0 aromatic heterocycles. The number of benzene rings is 2. The fourth-order valence-corrected chi connectivity index (χ4v) is 2.56. The second kappa shape index (κ2) is 6.89. The van der Waals surface area contributed by atoms with E-state index in [0.29, 0.717) is 6.54 Å². The lowest BCUT2D eigenvalue weighted by molar-refractivity contribution is 0.564. The van der Waals surface area contributed by atoms with Gasteiger partial charge in [-0.05, 0) is 42.2 Å². The van der Waals surface area contributed by atoms with Gasteiger partial charge in [-0.2, -0.15) is 0 Å². The lowest BCUT2D eigenvalue weighted by Crippen LogP contribution is -2.26. The molecule has 106 valence electrons. The molecule has 0 bridgehead atoms. The molecule has 20 heavy (non-hydrogen) atoms. The van der Waals surface area contributed by atoms with Crippen LogP contribution < -0.4 is 11.5 Å². The van der Waals surface area contributed by atoms with Crippen LogP contribution in [0.15, 0.2) is 48.5 Å².